The third kappa shape index (κ3) is 3.62. The molecule has 1 atom stereocenters. The zero-order chi connectivity index (χ0) is 17.0. The number of hydrogen-bond donors (Lipinski definition) is 0. The Bertz CT molecular complexity index is 694. The number of carbonyl (C=O) groups is 2. The van der Waals surface area contributed by atoms with E-state index in [0.717, 1.165) is 29.9 Å². The molecule has 1 aliphatic rings. The van der Waals surface area contributed by atoms with Crippen molar-refractivity contribution in [3.05, 3.63) is 28.6 Å². The Morgan fingerprint density at radius 2 is 2.30 bits per heavy atom. The fourth-order valence-corrected chi connectivity index (χ4v) is 2.61. The zero-order valence-electron chi connectivity index (χ0n) is 13.6. The molecule has 6 heteroatoms. The molecule has 0 N–H and O–H groups in total. The van der Waals surface area contributed by atoms with Crippen LogP contribution in [0.25, 0.3) is 6.08 Å². The number of hydrogen-bond acceptors (Lipinski definition) is 5. The number of aromatic nitrogens is 1. The molecule has 0 bridgehead atoms. The highest BCUT2D eigenvalue weighted by Gasteiger charge is 2.31. The quantitative estimate of drug-likeness (QED) is 0.473. The van der Waals surface area contributed by atoms with Crippen LogP contribution in [0.3, 0.4) is 0 Å². The number of esters is 2. The summed E-state index contributed by atoms with van der Waals surface area (Å²) in [5, 5.41) is 9.23. The Morgan fingerprint density at radius 3 is 2.87 bits per heavy atom. The van der Waals surface area contributed by atoms with Gasteiger partial charge in [-0.05, 0) is 38.0 Å². The number of aryl methyl sites for hydroxylation is 1. The van der Waals surface area contributed by atoms with E-state index in [1.165, 1.54) is 6.08 Å². The minimum atomic E-state index is -0.910. The average molecular weight is 316 g/mol. The maximum Gasteiger partial charge on any atom is 0.349 e. The molecule has 0 amide bonds. The van der Waals surface area contributed by atoms with Gasteiger partial charge in [0, 0.05) is 24.4 Å². The lowest BCUT2D eigenvalue weighted by Gasteiger charge is -2.08. The molecular formula is C17H20N2O4. The summed E-state index contributed by atoms with van der Waals surface area (Å²) in [7, 11) is 0. The number of nitriles is 1. The Hall–Kier alpha value is -2.55. The van der Waals surface area contributed by atoms with E-state index in [4.69, 9.17) is 9.47 Å². The van der Waals surface area contributed by atoms with E-state index < -0.39 is 18.0 Å². The summed E-state index contributed by atoms with van der Waals surface area (Å²) in [4.78, 5) is 23.4. The molecule has 1 saturated heterocycles. The maximum absolute atomic E-state index is 12.1. The highest BCUT2D eigenvalue weighted by Crippen LogP contribution is 2.20. The molecule has 1 aromatic rings. The summed E-state index contributed by atoms with van der Waals surface area (Å²) < 4.78 is 11.9. The van der Waals surface area contributed by atoms with Crippen molar-refractivity contribution in [1.82, 2.24) is 4.57 Å². The Kier molecular flexibility index (Phi) is 5.22. The van der Waals surface area contributed by atoms with Gasteiger partial charge in [-0.3, -0.25) is 0 Å². The molecule has 1 aliphatic heterocycles. The van der Waals surface area contributed by atoms with Crippen LogP contribution in [0.5, 0.6) is 0 Å². The predicted octanol–water partition coefficient (Wildman–Crippen LogP) is 2.28. The molecule has 23 heavy (non-hydrogen) atoms. The van der Waals surface area contributed by atoms with Crippen LogP contribution in [0.2, 0.25) is 0 Å². The normalized spacial score (nSPS) is 17.7. The third-order valence-corrected chi connectivity index (χ3v) is 3.84. The van der Waals surface area contributed by atoms with Crippen molar-refractivity contribution in [1.29, 1.82) is 5.26 Å². The Labute approximate surface area is 135 Å². The highest BCUT2D eigenvalue weighted by atomic mass is 16.6. The van der Waals surface area contributed by atoms with Crippen LogP contribution in [0, 0.1) is 25.2 Å². The monoisotopic (exact) mass is 316 g/mol. The standard InChI is InChI=1S/C17H20N2O4/c1-4-6-19-11(2)8-13(12(19)3)9-14(10-18)16(20)23-15-5-7-22-17(15)21/h8-9,15H,4-7H2,1-3H3/b14-9+/t15-/m1/s1. The first-order chi connectivity index (χ1) is 11.0. The van der Waals surface area contributed by atoms with Gasteiger partial charge in [-0.25, -0.2) is 9.59 Å². The van der Waals surface area contributed by atoms with Gasteiger partial charge in [-0.2, -0.15) is 5.26 Å². The summed E-state index contributed by atoms with van der Waals surface area (Å²) in [6, 6.07) is 3.78. The van der Waals surface area contributed by atoms with E-state index >= 15 is 0 Å². The molecule has 2 heterocycles. The van der Waals surface area contributed by atoms with Crippen LogP contribution in [-0.2, 0) is 25.6 Å². The van der Waals surface area contributed by atoms with Crippen molar-refractivity contribution in [2.45, 2.75) is 46.3 Å². The predicted molar refractivity (Wildman–Crippen MR) is 83.2 cm³/mol. The molecule has 0 spiro atoms. The second kappa shape index (κ2) is 7.14. The highest BCUT2D eigenvalue weighted by molar-refractivity contribution is 5.99. The minimum Gasteiger partial charge on any atom is -0.463 e. The zero-order valence-corrected chi connectivity index (χ0v) is 13.6. The van der Waals surface area contributed by atoms with E-state index in [-0.39, 0.29) is 12.2 Å². The van der Waals surface area contributed by atoms with Gasteiger partial charge in [0.2, 0.25) is 6.10 Å². The molecule has 0 saturated carbocycles. The van der Waals surface area contributed by atoms with Gasteiger partial charge in [-0.1, -0.05) is 6.92 Å². The van der Waals surface area contributed by atoms with Gasteiger partial charge in [0.05, 0.1) is 6.61 Å². The average Bonchev–Trinajstić information content (AvgIpc) is 3.03. The summed E-state index contributed by atoms with van der Waals surface area (Å²) in [6.45, 7) is 7.14. The van der Waals surface area contributed by atoms with Gasteiger partial charge in [0.25, 0.3) is 0 Å². The van der Waals surface area contributed by atoms with Crippen molar-refractivity contribution in [2.75, 3.05) is 6.61 Å². The van der Waals surface area contributed by atoms with Crippen LogP contribution in [0.1, 0.15) is 36.7 Å². The smallest absolute Gasteiger partial charge is 0.349 e. The van der Waals surface area contributed by atoms with Crippen molar-refractivity contribution in [3.63, 3.8) is 0 Å². The third-order valence-electron chi connectivity index (χ3n) is 3.84. The lowest BCUT2D eigenvalue weighted by Crippen LogP contribution is -2.23. The fraction of sp³-hybridized carbons (Fsp3) is 0.471. The maximum atomic E-state index is 12.1. The van der Waals surface area contributed by atoms with Gasteiger partial charge >= 0.3 is 11.9 Å². The second-order valence-electron chi connectivity index (χ2n) is 5.50. The van der Waals surface area contributed by atoms with Crippen molar-refractivity contribution in [2.24, 2.45) is 0 Å². The molecule has 0 aromatic carbocycles. The number of nitrogens with zero attached hydrogens (tertiary/aromatic N) is 2. The minimum absolute atomic E-state index is 0.124. The molecule has 122 valence electrons. The van der Waals surface area contributed by atoms with Crippen molar-refractivity contribution in [3.8, 4) is 6.07 Å². The summed E-state index contributed by atoms with van der Waals surface area (Å²) in [5.41, 5.74) is 2.74. The van der Waals surface area contributed by atoms with Gasteiger partial charge in [0.1, 0.15) is 11.6 Å². The first-order valence-electron chi connectivity index (χ1n) is 7.64. The van der Waals surface area contributed by atoms with Gasteiger partial charge in [0.15, 0.2) is 0 Å². The van der Waals surface area contributed by atoms with E-state index in [1.54, 1.807) is 0 Å². The van der Waals surface area contributed by atoms with Crippen LogP contribution in [-0.4, -0.2) is 29.2 Å². The molecule has 2 rings (SSSR count). The Balaban J connectivity index is 2.22. The number of rotatable bonds is 5. The lowest BCUT2D eigenvalue weighted by molar-refractivity contribution is -0.157. The second-order valence-corrected chi connectivity index (χ2v) is 5.50. The van der Waals surface area contributed by atoms with E-state index in [0.29, 0.717) is 6.42 Å². The van der Waals surface area contributed by atoms with E-state index in [9.17, 15) is 14.9 Å². The lowest BCUT2D eigenvalue weighted by atomic mass is 10.1. The summed E-state index contributed by atoms with van der Waals surface area (Å²) in [5.74, 6) is -1.35. The molecule has 0 aliphatic carbocycles. The van der Waals surface area contributed by atoms with Crippen molar-refractivity contribution >= 4 is 18.0 Å². The van der Waals surface area contributed by atoms with E-state index in [1.807, 2.05) is 26.0 Å². The van der Waals surface area contributed by atoms with Gasteiger partial charge < -0.3 is 14.0 Å². The number of cyclic esters (lactones) is 1. The number of carbonyl (C=O) groups excluding carboxylic acids is 2. The molecule has 0 unspecified atom stereocenters. The van der Waals surface area contributed by atoms with Crippen LogP contribution in [0.15, 0.2) is 11.6 Å². The Morgan fingerprint density at radius 1 is 1.57 bits per heavy atom. The summed E-state index contributed by atoms with van der Waals surface area (Å²) >= 11 is 0. The van der Waals surface area contributed by atoms with Gasteiger partial charge in [-0.15, -0.1) is 0 Å². The van der Waals surface area contributed by atoms with Crippen LogP contribution in [0.4, 0.5) is 0 Å². The topological polar surface area (TPSA) is 81.3 Å². The molecule has 1 fully saturated rings. The molecular weight excluding hydrogens is 296 g/mol. The largest absolute Gasteiger partial charge is 0.463 e. The first-order valence-corrected chi connectivity index (χ1v) is 7.64. The van der Waals surface area contributed by atoms with Crippen molar-refractivity contribution < 1.29 is 19.1 Å². The fourth-order valence-electron chi connectivity index (χ4n) is 2.61. The van der Waals surface area contributed by atoms with Crippen LogP contribution >= 0.6 is 0 Å². The van der Waals surface area contributed by atoms with E-state index in [2.05, 4.69) is 11.5 Å². The summed E-state index contributed by atoms with van der Waals surface area (Å²) in [6.07, 6.45) is 1.92. The SMILES string of the molecule is CCCn1c(C)cc(/C=C(\C#N)C(=O)O[C@@H]2CCOC2=O)c1C. The first kappa shape index (κ1) is 16.8. The molecule has 6 nitrogen and oxygen atoms in total. The number of ether oxygens (including phenoxy) is 2. The molecule has 0 radical (unpaired) electrons. The van der Waals surface area contributed by atoms with Crippen LogP contribution < -0.4 is 0 Å². The molecule has 1 aromatic heterocycles.